The standard InChI is InChI=1S/C14H16N2O/c15-14(17)9-8-13-7-4-10-16(13)11-12-5-2-1-3-6-12/h1-7,10H,8-9,11H2,(H2,15,17). The molecule has 0 aliphatic carbocycles. The second-order valence-electron chi connectivity index (χ2n) is 4.08. The molecule has 0 bridgehead atoms. The zero-order valence-corrected chi connectivity index (χ0v) is 9.67. The van der Waals surface area contributed by atoms with E-state index in [9.17, 15) is 4.79 Å². The van der Waals surface area contributed by atoms with Crippen LogP contribution in [0.15, 0.2) is 48.7 Å². The zero-order chi connectivity index (χ0) is 12.1. The number of rotatable bonds is 5. The maximum atomic E-state index is 10.8. The van der Waals surface area contributed by atoms with Crippen LogP contribution in [0.3, 0.4) is 0 Å². The van der Waals surface area contributed by atoms with Crippen molar-refractivity contribution >= 4 is 5.91 Å². The van der Waals surface area contributed by atoms with Gasteiger partial charge in [-0.1, -0.05) is 30.3 Å². The summed E-state index contributed by atoms with van der Waals surface area (Å²) in [4.78, 5) is 10.8. The first-order valence-corrected chi connectivity index (χ1v) is 5.72. The molecule has 0 saturated carbocycles. The van der Waals surface area contributed by atoms with Gasteiger partial charge < -0.3 is 10.3 Å². The lowest BCUT2D eigenvalue weighted by Crippen LogP contribution is -2.13. The fourth-order valence-electron chi connectivity index (χ4n) is 1.86. The van der Waals surface area contributed by atoms with E-state index in [0.717, 1.165) is 12.2 Å². The number of nitrogens with two attached hydrogens (primary N) is 1. The maximum Gasteiger partial charge on any atom is 0.217 e. The lowest BCUT2D eigenvalue weighted by atomic mass is 10.2. The van der Waals surface area contributed by atoms with E-state index in [2.05, 4.69) is 16.7 Å². The summed E-state index contributed by atoms with van der Waals surface area (Å²) in [5.74, 6) is -0.252. The Morgan fingerprint density at radius 3 is 2.59 bits per heavy atom. The monoisotopic (exact) mass is 228 g/mol. The van der Waals surface area contributed by atoms with Gasteiger partial charge in [0, 0.05) is 24.9 Å². The van der Waals surface area contributed by atoms with Crippen LogP contribution in [-0.4, -0.2) is 10.5 Å². The van der Waals surface area contributed by atoms with Crippen molar-refractivity contribution < 1.29 is 4.79 Å². The predicted molar refractivity (Wildman–Crippen MR) is 67.5 cm³/mol. The first kappa shape index (κ1) is 11.5. The molecule has 0 aliphatic heterocycles. The van der Waals surface area contributed by atoms with Crippen LogP contribution >= 0.6 is 0 Å². The normalized spacial score (nSPS) is 10.4. The molecule has 0 spiro atoms. The fraction of sp³-hybridized carbons (Fsp3) is 0.214. The van der Waals surface area contributed by atoms with Crippen LogP contribution in [0.5, 0.6) is 0 Å². The molecule has 1 aromatic carbocycles. The zero-order valence-electron chi connectivity index (χ0n) is 9.67. The minimum absolute atomic E-state index is 0.252. The average molecular weight is 228 g/mol. The Morgan fingerprint density at radius 2 is 1.88 bits per heavy atom. The summed E-state index contributed by atoms with van der Waals surface area (Å²) in [5.41, 5.74) is 7.56. The highest BCUT2D eigenvalue weighted by Crippen LogP contribution is 2.09. The molecule has 0 atom stereocenters. The van der Waals surface area contributed by atoms with E-state index < -0.39 is 0 Å². The minimum atomic E-state index is -0.252. The Balaban J connectivity index is 2.06. The molecule has 88 valence electrons. The maximum absolute atomic E-state index is 10.8. The number of hydrogen-bond donors (Lipinski definition) is 1. The number of primary amides is 1. The highest BCUT2D eigenvalue weighted by molar-refractivity contribution is 5.73. The molecule has 0 saturated heterocycles. The summed E-state index contributed by atoms with van der Waals surface area (Å²) in [6.07, 6.45) is 3.14. The van der Waals surface area contributed by atoms with Crippen LogP contribution in [0, 0.1) is 0 Å². The summed E-state index contributed by atoms with van der Waals surface area (Å²) in [7, 11) is 0. The predicted octanol–water partition coefficient (Wildman–Crippen LogP) is 1.95. The van der Waals surface area contributed by atoms with Crippen molar-refractivity contribution in [3.05, 3.63) is 59.9 Å². The quantitative estimate of drug-likeness (QED) is 0.835. The number of carbonyl (C=O) groups excluding carboxylic acids is 1. The van der Waals surface area contributed by atoms with Crippen molar-refractivity contribution in [2.24, 2.45) is 5.73 Å². The second-order valence-corrected chi connectivity index (χ2v) is 4.08. The second kappa shape index (κ2) is 5.34. The third kappa shape index (κ3) is 3.21. The van der Waals surface area contributed by atoms with Gasteiger partial charge in [-0.25, -0.2) is 0 Å². The number of carbonyl (C=O) groups is 1. The van der Waals surface area contributed by atoms with E-state index >= 15 is 0 Å². The number of amides is 1. The largest absolute Gasteiger partial charge is 0.370 e. The van der Waals surface area contributed by atoms with Gasteiger partial charge in [-0.15, -0.1) is 0 Å². The highest BCUT2D eigenvalue weighted by atomic mass is 16.1. The van der Waals surface area contributed by atoms with Crippen LogP contribution in [0.2, 0.25) is 0 Å². The Bertz CT molecular complexity index is 488. The van der Waals surface area contributed by atoms with Gasteiger partial charge >= 0.3 is 0 Å². The van der Waals surface area contributed by atoms with Gasteiger partial charge in [-0.3, -0.25) is 4.79 Å². The molecule has 2 rings (SSSR count). The third-order valence-electron chi connectivity index (χ3n) is 2.75. The third-order valence-corrected chi connectivity index (χ3v) is 2.75. The van der Waals surface area contributed by atoms with Crippen LogP contribution < -0.4 is 5.73 Å². The Labute approximate surface area is 101 Å². The van der Waals surface area contributed by atoms with Gasteiger partial charge in [0.2, 0.25) is 5.91 Å². The summed E-state index contributed by atoms with van der Waals surface area (Å²) < 4.78 is 2.15. The van der Waals surface area contributed by atoms with Crippen molar-refractivity contribution in [3.63, 3.8) is 0 Å². The fourth-order valence-corrected chi connectivity index (χ4v) is 1.86. The molecule has 2 aromatic rings. The first-order chi connectivity index (χ1) is 8.25. The Morgan fingerprint density at radius 1 is 1.12 bits per heavy atom. The van der Waals surface area contributed by atoms with Gasteiger partial charge in [0.1, 0.15) is 0 Å². The summed E-state index contributed by atoms with van der Waals surface area (Å²) in [6, 6.07) is 14.3. The van der Waals surface area contributed by atoms with E-state index in [4.69, 9.17) is 5.73 Å². The number of hydrogen-bond acceptors (Lipinski definition) is 1. The summed E-state index contributed by atoms with van der Waals surface area (Å²) in [6.45, 7) is 0.835. The Hall–Kier alpha value is -2.03. The SMILES string of the molecule is NC(=O)CCc1cccn1Cc1ccccc1. The Kier molecular flexibility index (Phi) is 3.60. The summed E-state index contributed by atoms with van der Waals surface area (Å²) >= 11 is 0. The van der Waals surface area contributed by atoms with E-state index in [1.165, 1.54) is 5.56 Å². The average Bonchev–Trinajstić information content (AvgIpc) is 2.75. The highest BCUT2D eigenvalue weighted by Gasteiger charge is 2.03. The van der Waals surface area contributed by atoms with E-state index in [-0.39, 0.29) is 5.91 Å². The lowest BCUT2D eigenvalue weighted by molar-refractivity contribution is -0.118. The molecule has 1 heterocycles. The number of aryl methyl sites for hydroxylation is 1. The lowest BCUT2D eigenvalue weighted by Gasteiger charge is -2.08. The molecular formula is C14H16N2O. The van der Waals surface area contributed by atoms with Crippen LogP contribution in [0.25, 0.3) is 0 Å². The molecule has 0 radical (unpaired) electrons. The van der Waals surface area contributed by atoms with Crippen LogP contribution in [-0.2, 0) is 17.8 Å². The minimum Gasteiger partial charge on any atom is -0.370 e. The van der Waals surface area contributed by atoms with Crippen LogP contribution in [0.1, 0.15) is 17.7 Å². The first-order valence-electron chi connectivity index (χ1n) is 5.72. The van der Waals surface area contributed by atoms with Crippen molar-refractivity contribution in [2.45, 2.75) is 19.4 Å². The van der Waals surface area contributed by atoms with Crippen molar-refractivity contribution in [1.82, 2.24) is 4.57 Å². The molecule has 17 heavy (non-hydrogen) atoms. The smallest absolute Gasteiger partial charge is 0.217 e. The van der Waals surface area contributed by atoms with Crippen molar-refractivity contribution in [3.8, 4) is 0 Å². The molecule has 2 N–H and O–H groups in total. The number of nitrogens with zero attached hydrogens (tertiary/aromatic N) is 1. The van der Waals surface area contributed by atoms with Gasteiger partial charge in [0.05, 0.1) is 0 Å². The van der Waals surface area contributed by atoms with Crippen LogP contribution in [0.4, 0.5) is 0 Å². The number of benzene rings is 1. The molecule has 3 nitrogen and oxygen atoms in total. The van der Waals surface area contributed by atoms with Crippen molar-refractivity contribution in [1.29, 1.82) is 0 Å². The van der Waals surface area contributed by atoms with Gasteiger partial charge in [-0.05, 0) is 24.1 Å². The molecule has 0 unspecified atom stereocenters. The van der Waals surface area contributed by atoms with E-state index in [1.54, 1.807) is 0 Å². The summed E-state index contributed by atoms with van der Waals surface area (Å²) in [5, 5.41) is 0. The molecule has 1 aromatic heterocycles. The molecular weight excluding hydrogens is 212 g/mol. The van der Waals surface area contributed by atoms with Gasteiger partial charge in [0.25, 0.3) is 0 Å². The van der Waals surface area contributed by atoms with E-state index in [0.29, 0.717) is 12.8 Å². The van der Waals surface area contributed by atoms with Crippen molar-refractivity contribution in [2.75, 3.05) is 0 Å². The topological polar surface area (TPSA) is 48.0 Å². The van der Waals surface area contributed by atoms with Gasteiger partial charge in [0.15, 0.2) is 0 Å². The molecule has 3 heteroatoms. The molecule has 0 aliphatic rings. The molecule has 1 amide bonds. The molecule has 0 fully saturated rings. The number of aromatic nitrogens is 1. The van der Waals surface area contributed by atoms with E-state index in [1.807, 2.05) is 36.5 Å². The van der Waals surface area contributed by atoms with Gasteiger partial charge in [-0.2, -0.15) is 0 Å².